The molecule has 1 aliphatic rings. The number of amides is 2. The van der Waals surface area contributed by atoms with E-state index in [2.05, 4.69) is 15.8 Å². The van der Waals surface area contributed by atoms with E-state index in [-0.39, 0.29) is 24.8 Å². The number of carbonyl (C=O) groups excluding carboxylic acids is 2. The lowest BCUT2D eigenvalue weighted by molar-refractivity contribution is -0.137. The Morgan fingerprint density at radius 1 is 1.05 bits per heavy atom. The van der Waals surface area contributed by atoms with Crippen molar-refractivity contribution in [1.82, 2.24) is 20.7 Å². The fourth-order valence-corrected chi connectivity index (χ4v) is 1.83. The molecular weight excluding hydrogens is 252 g/mol. The molecule has 3 N–H and O–H groups in total. The summed E-state index contributed by atoms with van der Waals surface area (Å²) in [6, 6.07) is 0. The third-order valence-electron chi connectivity index (χ3n) is 2.85. The van der Waals surface area contributed by atoms with Crippen LogP contribution in [0, 0.1) is 0 Å². The van der Waals surface area contributed by atoms with E-state index >= 15 is 0 Å². The predicted octanol–water partition coefficient (Wildman–Crippen LogP) is -1.75. The van der Waals surface area contributed by atoms with Crippen LogP contribution >= 0.6 is 0 Å². The first-order valence-electron chi connectivity index (χ1n) is 6.19. The van der Waals surface area contributed by atoms with Gasteiger partial charge in [0, 0.05) is 39.6 Å². The van der Waals surface area contributed by atoms with Crippen molar-refractivity contribution < 1.29 is 19.5 Å². The zero-order valence-electron chi connectivity index (χ0n) is 11.0. The average molecular weight is 272 g/mol. The highest BCUT2D eigenvalue weighted by Gasteiger charge is 2.19. The Hall–Kier alpha value is -1.67. The molecule has 0 unspecified atom stereocenters. The zero-order valence-corrected chi connectivity index (χ0v) is 11.0. The maximum atomic E-state index is 11.5. The predicted molar refractivity (Wildman–Crippen MR) is 67.1 cm³/mol. The summed E-state index contributed by atoms with van der Waals surface area (Å²) in [5.74, 6) is -1.36. The number of hydrazine groups is 1. The van der Waals surface area contributed by atoms with Crippen LogP contribution in [-0.2, 0) is 14.4 Å². The molecular formula is C11H20N4O4. The summed E-state index contributed by atoms with van der Waals surface area (Å²) in [4.78, 5) is 36.6. The third kappa shape index (κ3) is 6.73. The number of hydrogen-bond acceptors (Lipinski definition) is 5. The number of piperazine rings is 1. The monoisotopic (exact) mass is 272 g/mol. The summed E-state index contributed by atoms with van der Waals surface area (Å²) in [5.41, 5.74) is 4.54. The van der Waals surface area contributed by atoms with Crippen LogP contribution in [0.3, 0.4) is 0 Å². The lowest BCUT2D eigenvalue weighted by Crippen LogP contribution is -2.51. The molecule has 0 saturated carbocycles. The molecule has 8 heteroatoms. The topological polar surface area (TPSA) is 102 Å². The van der Waals surface area contributed by atoms with E-state index in [4.69, 9.17) is 5.11 Å². The Balaban J connectivity index is 2.17. The molecule has 1 aliphatic heterocycles. The molecule has 8 nitrogen and oxygen atoms in total. The molecule has 1 rings (SSSR count). The first-order chi connectivity index (χ1) is 8.97. The van der Waals surface area contributed by atoms with Gasteiger partial charge in [0.2, 0.25) is 5.91 Å². The number of carboxylic acids is 1. The highest BCUT2D eigenvalue weighted by atomic mass is 16.4. The van der Waals surface area contributed by atoms with Gasteiger partial charge in [-0.3, -0.25) is 30.1 Å². The summed E-state index contributed by atoms with van der Waals surface area (Å²) in [7, 11) is 0. The van der Waals surface area contributed by atoms with Crippen LogP contribution in [0.15, 0.2) is 0 Å². The fraction of sp³-hybridized carbons (Fsp3) is 0.727. The number of nitrogens with one attached hydrogen (secondary N) is 2. The normalized spacial score (nSPS) is 16.9. The van der Waals surface area contributed by atoms with Crippen LogP contribution in [0.25, 0.3) is 0 Å². The quantitative estimate of drug-likeness (QED) is 0.513. The molecule has 1 saturated heterocycles. The molecule has 0 aromatic heterocycles. The minimum absolute atomic E-state index is 0.142. The Morgan fingerprint density at radius 2 is 1.63 bits per heavy atom. The van der Waals surface area contributed by atoms with Crippen molar-refractivity contribution in [2.75, 3.05) is 39.3 Å². The lowest BCUT2D eigenvalue weighted by Gasteiger charge is -2.33. The van der Waals surface area contributed by atoms with Gasteiger partial charge in [0.15, 0.2) is 0 Å². The summed E-state index contributed by atoms with van der Waals surface area (Å²) >= 11 is 0. The summed E-state index contributed by atoms with van der Waals surface area (Å²) < 4.78 is 0. The van der Waals surface area contributed by atoms with E-state index < -0.39 is 5.97 Å². The molecule has 0 spiro atoms. The Morgan fingerprint density at radius 3 is 2.16 bits per heavy atom. The van der Waals surface area contributed by atoms with Crippen LogP contribution in [0.1, 0.15) is 13.3 Å². The second-order valence-electron chi connectivity index (χ2n) is 4.49. The van der Waals surface area contributed by atoms with Gasteiger partial charge in [0.25, 0.3) is 5.91 Å². The average Bonchev–Trinajstić information content (AvgIpc) is 2.35. The molecule has 0 aromatic carbocycles. The second-order valence-corrected chi connectivity index (χ2v) is 4.49. The van der Waals surface area contributed by atoms with E-state index in [0.717, 1.165) is 13.1 Å². The number of nitrogens with zero attached hydrogens (tertiary/aromatic N) is 2. The van der Waals surface area contributed by atoms with Gasteiger partial charge in [-0.2, -0.15) is 0 Å². The molecule has 1 fully saturated rings. The second kappa shape index (κ2) is 7.70. The largest absolute Gasteiger partial charge is 0.481 e. The fourth-order valence-electron chi connectivity index (χ4n) is 1.83. The van der Waals surface area contributed by atoms with Gasteiger partial charge in [0.1, 0.15) is 0 Å². The minimum atomic E-state index is -0.794. The Kier molecular flexibility index (Phi) is 6.23. The molecule has 0 atom stereocenters. The van der Waals surface area contributed by atoms with Crippen molar-refractivity contribution in [2.24, 2.45) is 0 Å². The highest BCUT2D eigenvalue weighted by molar-refractivity contribution is 5.81. The molecule has 0 bridgehead atoms. The zero-order chi connectivity index (χ0) is 14.3. The van der Waals surface area contributed by atoms with Crippen molar-refractivity contribution in [3.05, 3.63) is 0 Å². The third-order valence-corrected chi connectivity index (χ3v) is 2.85. The summed E-state index contributed by atoms with van der Waals surface area (Å²) in [5, 5.41) is 8.59. The molecule has 1 heterocycles. The first kappa shape index (κ1) is 15.4. The summed E-state index contributed by atoms with van der Waals surface area (Å²) in [6.45, 7) is 5.03. The van der Waals surface area contributed by atoms with Crippen LogP contribution in [0.2, 0.25) is 0 Å². The summed E-state index contributed by atoms with van der Waals surface area (Å²) in [6.07, 6.45) is 0.142. The van der Waals surface area contributed by atoms with E-state index in [1.807, 2.05) is 4.90 Å². The van der Waals surface area contributed by atoms with Gasteiger partial charge in [-0.25, -0.2) is 0 Å². The van der Waals surface area contributed by atoms with Crippen LogP contribution < -0.4 is 10.9 Å². The molecule has 0 aromatic rings. The molecule has 108 valence electrons. The Bertz CT molecular complexity index is 340. The first-order valence-corrected chi connectivity index (χ1v) is 6.19. The minimum Gasteiger partial charge on any atom is -0.481 e. The van der Waals surface area contributed by atoms with Crippen molar-refractivity contribution in [3.63, 3.8) is 0 Å². The number of carbonyl (C=O) groups is 3. The number of rotatable bonds is 5. The smallest absolute Gasteiger partial charge is 0.304 e. The van der Waals surface area contributed by atoms with Gasteiger partial charge in [-0.15, -0.1) is 0 Å². The maximum Gasteiger partial charge on any atom is 0.304 e. The van der Waals surface area contributed by atoms with Gasteiger partial charge in [-0.05, 0) is 0 Å². The Labute approximate surface area is 111 Å². The number of carboxylic acid groups (broad SMARTS) is 1. The van der Waals surface area contributed by atoms with Crippen LogP contribution in [0.4, 0.5) is 0 Å². The molecule has 19 heavy (non-hydrogen) atoms. The maximum absolute atomic E-state index is 11.5. The van der Waals surface area contributed by atoms with E-state index in [1.165, 1.54) is 6.92 Å². The van der Waals surface area contributed by atoms with Gasteiger partial charge in [0.05, 0.1) is 13.0 Å². The van der Waals surface area contributed by atoms with E-state index in [9.17, 15) is 14.4 Å². The van der Waals surface area contributed by atoms with Crippen LogP contribution in [-0.4, -0.2) is 72.0 Å². The van der Waals surface area contributed by atoms with E-state index in [1.54, 1.807) is 0 Å². The standard InChI is InChI=1S/C11H20N4O4/c1-9(16)12-13-10(17)8-15-6-4-14(5-7-15)3-2-11(18)19/h2-8H2,1H3,(H,12,16)(H,13,17)(H,18,19). The molecule has 2 amide bonds. The van der Waals surface area contributed by atoms with Crippen molar-refractivity contribution in [2.45, 2.75) is 13.3 Å². The van der Waals surface area contributed by atoms with Crippen molar-refractivity contribution in [1.29, 1.82) is 0 Å². The van der Waals surface area contributed by atoms with E-state index in [0.29, 0.717) is 19.6 Å². The van der Waals surface area contributed by atoms with Gasteiger partial charge in [-0.1, -0.05) is 0 Å². The number of aliphatic carboxylic acids is 1. The lowest BCUT2D eigenvalue weighted by atomic mass is 10.3. The van der Waals surface area contributed by atoms with Gasteiger partial charge >= 0.3 is 5.97 Å². The number of hydrogen-bond donors (Lipinski definition) is 3. The van der Waals surface area contributed by atoms with Crippen LogP contribution in [0.5, 0.6) is 0 Å². The molecule has 0 radical (unpaired) electrons. The molecule has 0 aliphatic carbocycles. The SMILES string of the molecule is CC(=O)NNC(=O)CN1CCN(CCC(=O)O)CC1. The van der Waals surface area contributed by atoms with Crippen molar-refractivity contribution >= 4 is 17.8 Å². The van der Waals surface area contributed by atoms with Crippen molar-refractivity contribution in [3.8, 4) is 0 Å². The van der Waals surface area contributed by atoms with Gasteiger partial charge < -0.3 is 10.0 Å². The highest BCUT2D eigenvalue weighted by Crippen LogP contribution is 2.02.